The maximum atomic E-state index is 10.7. The van der Waals surface area contributed by atoms with E-state index in [1.807, 2.05) is 6.07 Å². The van der Waals surface area contributed by atoms with E-state index in [1.165, 1.54) is 12.1 Å². The average Bonchev–Trinajstić information content (AvgIpc) is 2.81. The molecule has 0 unspecified atom stereocenters. The van der Waals surface area contributed by atoms with Gasteiger partial charge in [0.05, 0.1) is 11.0 Å². The molecule has 0 aliphatic rings. The second-order valence-corrected chi connectivity index (χ2v) is 4.37. The second-order valence-electron chi connectivity index (χ2n) is 3.94. The van der Waals surface area contributed by atoms with Crippen LogP contribution >= 0.6 is 11.6 Å². The van der Waals surface area contributed by atoms with E-state index < -0.39 is 4.92 Å². The molecule has 19 heavy (non-hydrogen) atoms. The van der Waals surface area contributed by atoms with E-state index >= 15 is 0 Å². The molecule has 0 aliphatic heterocycles. The Morgan fingerprint density at radius 1 is 1.21 bits per heavy atom. The van der Waals surface area contributed by atoms with Gasteiger partial charge >= 0.3 is 0 Å². The van der Waals surface area contributed by atoms with E-state index in [0.717, 1.165) is 5.56 Å². The fraction of sp³-hybridized carbons (Fsp3) is 0. The molecule has 0 saturated carbocycles. The van der Waals surface area contributed by atoms with E-state index in [0.29, 0.717) is 22.0 Å². The van der Waals surface area contributed by atoms with Gasteiger partial charge in [-0.05, 0) is 24.3 Å². The molecule has 0 bridgehead atoms. The Hall–Kier alpha value is -2.40. The highest BCUT2D eigenvalue weighted by atomic mass is 35.5. The first-order valence-corrected chi connectivity index (χ1v) is 5.82. The molecule has 1 aromatic heterocycles. The minimum absolute atomic E-state index is 0.0266. The van der Waals surface area contributed by atoms with E-state index in [4.69, 9.17) is 16.0 Å². The smallest absolute Gasteiger partial charge is 0.273 e. The van der Waals surface area contributed by atoms with Crippen LogP contribution in [0.1, 0.15) is 0 Å². The molecule has 2 aromatic carbocycles. The van der Waals surface area contributed by atoms with Gasteiger partial charge in [0.1, 0.15) is 5.52 Å². The molecular weight excluding hydrogens is 268 g/mol. The zero-order chi connectivity index (χ0) is 13.4. The first-order chi connectivity index (χ1) is 9.13. The van der Waals surface area contributed by atoms with Crippen LogP contribution in [0.5, 0.6) is 0 Å². The fourth-order valence-corrected chi connectivity index (χ4v) is 1.96. The van der Waals surface area contributed by atoms with E-state index in [-0.39, 0.29) is 5.69 Å². The van der Waals surface area contributed by atoms with Gasteiger partial charge < -0.3 is 4.42 Å². The van der Waals surface area contributed by atoms with Gasteiger partial charge in [0.25, 0.3) is 5.69 Å². The van der Waals surface area contributed by atoms with Crippen LogP contribution in [0.15, 0.2) is 46.9 Å². The maximum Gasteiger partial charge on any atom is 0.273 e. The topological polar surface area (TPSA) is 69.2 Å². The molecule has 3 aromatic rings. The number of hydrogen-bond acceptors (Lipinski definition) is 4. The number of fused-ring (bicyclic) bond motifs is 1. The van der Waals surface area contributed by atoms with Crippen LogP contribution in [0.2, 0.25) is 5.02 Å². The van der Waals surface area contributed by atoms with Crippen LogP contribution in [0.25, 0.3) is 22.6 Å². The number of rotatable bonds is 2. The average molecular weight is 275 g/mol. The lowest BCUT2D eigenvalue weighted by atomic mass is 10.2. The van der Waals surface area contributed by atoms with Crippen molar-refractivity contribution in [2.45, 2.75) is 0 Å². The molecule has 5 nitrogen and oxygen atoms in total. The lowest BCUT2D eigenvalue weighted by molar-refractivity contribution is -0.384. The van der Waals surface area contributed by atoms with Gasteiger partial charge in [-0.15, -0.1) is 0 Å². The number of nitro benzene ring substituents is 1. The number of nitro groups is 1. The number of halogens is 1. The Kier molecular flexibility index (Phi) is 2.68. The summed E-state index contributed by atoms with van der Waals surface area (Å²) < 4.78 is 5.53. The maximum absolute atomic E-state index is 10.7. The van der Waals surface area contributed by atoms with Crippen molar-refractivity contribution in [2.75, 3.05) is 0 Å². The third kappa shape index (κ3) is 2.15. The van der Waals surface area contributed by atoms with Crippen LogP contribution in [0.4, 0.5) is 5.69 Å². The monoisotopic (exact) mass is 274 g/mol. The number of hydrogen-bond donors (Lipinski definition) is 0. The Labute approximate surface area is 112 Å². The highest BCUT2D eigenvalue weighted by molar-refractivity contribution is 6.30. The lowest BCUT2D eigenvalue weighted by Gasteiger charge is -1.94. The van der Waals surface area contributed by atoms with E-state index in [2.05, 4.69) is 4.98 Å². The molecule has 0 aliphatic carbocycles. The molecule has 0 spiro atoms. The minimum Gasteiger partial charge on any atom is -0.436 e. The van der Waals surface area contributed by atoms with Gasteiger partial charge in [-0.3, -0.25) is 10.1 Å². The van der Waals surface area contributed by atoms with Crippen molar-refractivity contribution in [2.24, 2.45) is 0 Å². The van der Waals surface area contributed by atoms with Crippen molar-refractivity contribution in [1.29, 1.82) is 0 Å². The number of oxazole rings is 1. The normalized spacial score (nSPS) is 10.8. The zero-order valence-electron chi connectivity index (χ0n) is 9.54. The standard InChI is InChI=1S/C13H7ClN2O3/c14-9-3-1-2-8(6-9)13-15-11-5-4-10(16(17)18)7-12(11)19-13/h1-7H. The van der Waals surface area contributed by atoms with Crippen LogP contribution in [-0.4, -0.2) is 9.91 Å². The largest absolute Gasteiger partial charge is 0.436 e. The van der Waals surface area contributed by atoms with Gasteiger partial charge in [0.2, 0.25) is 5.89 Å². The van der Waals surface area contributed by atoms with Crippen molar-refractivity contribution in [3.05, 3.63) is 57.6 Å². The first kappa shape index (κ1) is 11.7. The van der Waals surface area contributed by atoms with Crippen molar-refractivity contribution >= 4 is 28.4 Å². The summed E-state index contributed by atoms with van der Waals surface area (Å²) in [7, 11) is 0. The summed E-state index contributed by atoms with van der Waals surface area (Å²) in [6, 6.07) is 11.4. The fourth-order valence-electron chi connectivity index (χ4n) is 1.77. The van der Waals surface area contributed by atoms with E-state index in [1.54, 1.807) is 24.3 Å². The van der Waals surface area contributed by atoms with Gasteiger partial charge in [0.15, 0.2) is 5.58 Å². The number of benzene rings is 2. The molecule has 0 amide bonds. The van der Waals surface area contributed by atoms with Crippen molar-refractivity contribution in [3.63, 3.8) is 0 Å². The predicted octanol–water partition coefficient (Wildman–Crippen LogP) is 4.06. The summed E-state index contributed by atoms with van der Waals surface area (Å²) in [5, 5.41) is 11.3. The number of nitrogens with zero attached hydrogens (tertiary/aromatic N) is 2. The van der Waals surface area contributed by atoms with Crippen molar-refractivity contribution in [3.8, 4) is 11.5 Å². The summed E-state index contributed by atoms with van der Waals surface area (Å²) in [6.07, 6.45) is 0. The first-order valence-electron chi connectivity index (χ1n) is 5.44. The number of non-ortho nitro benzene ring substituents is 1. The SMILES string of the molecule is O=[N+]([O-])c1ccc2nc(-c3cccc(Cl)c3)oc2c1. The highest BCUT2D eigenvalue weighted by Crippen LogP contribution is 2.28. The summed E-state index contributed by atoms with van der Waals surface area (Å²) in [6.45, 7) is 0. The highest BCUT2D eigenvalue weighted by Gasteiger charge is 2.12. The Morgan fingerprint density at radius 3 is 2.79 bits per heavy atom. The minimum atomic E-state index is -0.471. The number of aromatic nitrogens is 1. The Morgan fingerprint density at radius 2 is 2.05 bits per heavy atom. The lowest BCUT2D eigenvalue weighted by Crippen LogP contribution is -1.86. The molecule has 0 fully saturated rings. The third-order valence-electron chi connectivity index (χ3n) is 2.65. The molecule has 1 heterocycles. The summed E-state index contributed by atoms with van der Waals surface area (Å²) in [5.74, 6) is 0.387. The zero-order valence-corrected chi connectivity index (χ0v) is 10.3. The van der Waals surface area contributed by atoms with E-state index in [9.17, 15) is 10.1 Å². The van der Waals surface area contributed by atoms with Crippen molar-refractivity contribution < 1.29 is 9.34 Å². The molecule has 3 rings (SSSR count). The molecule has 0 radical (unpaired) electrons. The second kappa shape index (κ2) is 4.37. The summed E-state index contributed by atoms with van der Waals surface area (Å²) >= 11 is 5.90. The predicted molar refractivity (Wildman–Crippen MR) is 71.1 cm³/mol. The Bertz CT molecular complexity index is 782. The molecule has 94 valence electrons. The molecule has 0 saturated heterocycles. The summed E-state index contributed by atoms with van der Waals surface area (Å²) in [4.78, 5) is 14.5. The van der Waals surface area contributed by atoms with Gasteiger partial charge in [-0.2, -0.15) is 0 Å². The molecule has 0 atom stereocenters. The quantitative estimate of drug-likeness (QED) is 0.522. The van der Waals surface area contributed by atoms with Gasteiger partial charge in [-0.25, -0.2) is 4.98 Å². The van der Waals surface area contributed by atoms with Gasteiger partial charge in [-0.1, -0.05) is 17.7 Å². The van der Waals surface area contributed by atoms with Gasteiger partial charge in [0, 0.05) is 16.7 Å². The van der Waals surface area contributed by atoms with Crippen LogP contribution < -0.4 is 0 Å². The van der Waals surface area contributed by atoms with Crippen LogP contribution in [0, 0.1) is 10.1 Å². The van der Waals surface area contributed by atoms with Crippen molar-refractivity contribution in [1.82, 2.24) is 4.98 Å². The third-order valence-corrected chi connectivity index (χ3v) is 2.89. The van der Waals surface area contributed by atoms with Crippen LogP contribution in [0.3, 0.4) is 0 Å². The summed E-state index contributed by atoms with van der Waals surface area (Å²) in [5.41, 5.74) is 1.65. The molecular formula is C13H7ClN2O3. The molecule has 6 heteroatoms. The molecule has 0 N–H and O–H groups in total. The Balaban J connectivity index is 2.14. The van der Waals surface area contributed by atoms with Crippen LogP contribution in [-0.2, 0) is 0 Å².